The van der Waals surface area contributed by atoms with E-state index in [1.54, 1.807) is 19.4 Å². The number of hydrogen-bond acceptors (Lipinski definition) is 7. The van der Waals surface area contributed by atoms with Gasteiger partial charge in [0, 0.05) is 39.5 Å². The first-order valence-electron chi connectivity index (χ1n) is 9.80. The van der Waals surface area contributed by atoms with Crippen molar-refractivity contribution in [1.29, 1.82) is 5.26 Å². The zero-order chi connectivity index (χ0) is 21.5. The number of hydrogen-bond donors (Lipinski definition) is 1. The van der Waals surface area contributed by atoms with Crippen molar-refractivity contribution in [2.75, 3.05) is 51.5 Å². The lowest BCUT2D eigenvalue weighted by molar-refractivity contribution is -0.117. The summed E-state index contributed by atoms with van der Waals surface area (Å²) in [5.74, 6) is -0.0761. The number of methoxy groups -OCH3 is 1. The number of anilines is 1. The Labute approximate surface area is 174 Å². The summed E-state index contributed by atoms with van der Waals surface area (Å²) >= 11 is 0. The van der Waals surface area contributed by atoms with Crippen LogP contribution in [0, 0.1) is 18.3 Å². The third kappa shape index (κ3) is 4.67. The summed E-state index contributed by atoms with van der Waals surface area (Å²) in [6.45, 7) is 4.93. The second-order valence-corrected chi connectivity index (χ2v) is 6.91. The van der Waals surface area contributed by atoms with Crippen LogP contribution in [0.15, 0.2) is 28.7 Å². The molecule has 3 rings (SSSR count). The van der Waals surface area contributed by atoms with Crippen LogP contribution in [0.4, 0.5) is 5.82 Å². The Bertz CT molecular complexity index is 1050. The summed E-state index contributed by atoms with van der Waals surface area (Å²) in [5.41, 5.74) is 1.14. The van der Waals surface area contributed by atoms with Crippen LogP contribution in [0.5, 0.6) is 0 Å². The molecule has 9 heteroatoms. The van der Waals surface area contributed by atoms with Gasteiger partial charge >= 0.3 is 0 Å². The predicted octanol–water partition coefficient (Wildman–Crippen LogP) is 0.899. The molecule has 1 saturated heterocycles. The van der Waals surface area contributed by atoms with Crippen LogP contribution in [0.1, 0.15) is 17.5 Å². The fourth-order valence-corrected chi connectivity index (χ4v) is 3.25. The van der Waals surface area contributed by atoms with Gasteiger partial charge in [-0.3, -0.25) is 14.0 Å². The number of ether oxygens (including phenoxy) is 2. The molecule has 1 aliphatic rings. The van der Waals surface area contributed by atoms with Gasteiger partial charge in [0.2, 0.25) is 0 Å². The Hall–Kier alpha value is -3.22. The molecule has 0 atom stereocenters. The molecule has 1 aliphatic heterocycles. The first kappa shape index (κ1) is 21.5. The lowest BCUT2D eigenvalue weighted by Gasteiger charge is -2.29. The molecule has 0 unspecified atom stereocenters. The highest BCUT2D eigenvalue weighted by atomic mass is 16.5. The zero-order valence-electron chi connectivity index (χ0n) is 17.2. The summed E-state index contributed by atoms with van der Waals surface area (Å²) in [5, 5.41) is 12.2. The van der Waals surface area contributed by atoms with E-state index in [0.717, 1.165) is 5.56 Å². The number of aromatic nitrogens is 2. The van der Waals surface area contributed by atoms with Gasteiger partial charge in [-0.25, -0.2) is 4.98 Å². The molecule has 1 N–H and O–H groups in total. The van der Waals surface area contributed by atoms with Gasteiger partial charge < -0.3 is 19.7 Å². The molecule has 30 heavy (non-hydrogen) atoms. The fraction of sp³-hybridized carbons (Fsp3) is 0.429. The van der Waals surface area contributed by atoms with Crippen LogP contribution in [0.25, 0.3) is 11.7 Å². The number of nitriles is 1. The normalized spacial score (nSPS) is 14.6. The largest absolute Gasteiger partial charge is 0.385 e. The third-order valence-electron chi connectivity index (χ3n) is 4.84. The van der Waals surface area contributed by atoms with Gasteiger partial charge in [-0.05, 0) is 31.1 Å². The molecular weight excluding hydrogens is 386 g/mol. The first-order valence-corrected chi connectivity index (χ1v) is 9.80. The predicted molar refractivity (Wildman–Crippen MR) is 112 cm³/mol. The van der Waals surface area contributed by atoms with Crippen molar-refractivity contribution >= 4 is 23.4 Å². The highest BCUT2D eigenvalue weighted by Gasteiger charge is 2.21. The number of fused-ring (bicyclic) bond motifs is 1. The maximum atomic E-state index is 13.3. The second kappa shape index (κ2) is 10.0. The monoisotopic (exact) mass is 411 g/mol. The van der Waals surface area contributed by atoms with Gasteiger partial charge in [0.15, 0.2) is 0 Å². The third-order valence-corrected chi connectivity index (χ3v) is 4.84. The lowest BCUT2D eigenvalue weighted by Crippen LogP contribution is -2.39. The molecule has 0 radical (unpaired) electrons. The summed E-state index contributed by atoms with van der Waals surface area (Å²) in [6.07, 6.45) is 3.59. The number of carbonyl (C=O) groups excluding carboxylic acids is 1. The van der Waals surface area contributed by atoms with E-state index in [-0.39, 0.29) is 16.7 Å². The first-order chi connectivity index (χ1) is 14.6. The Balaban J connectivity index is 2.07. The molecule has 0 aromatic carbocycles. The van der Waals surface area contributed by atoms with Gasteiger partial charge in [0.25, 0.3) is 11.5 Å². The number of amides is 1. The molecule has 1 fully saturated rings. The molecule has 9 nitrogen and oxygen atoms in total. The van der Waals surface area contributed by atoms with Crippen LogP contribution >= 0.6 is 0 Å². The quantitative estimate of drug-likeness (QED) is 0.410. The highest BCUT2D eigenvalue weighted by Crippen LogP contribution is 2.21. The number of aryl methyl sites for hydroxylation is 1. The number of nitrogens with zero attached hydrogens (tertiary/aromatic N) is 4. The van der Waals surface area contributed by atoms with Crippen molar-refractivity contribution in [3.8, 4) is 6.07 Å². The van der Waals surface area contributed by atoms with Gasteiger partial charge in [-0.1, -0.05) is 6.07 Å². The van der Waals surface area contributed by atoms with Gasteiger partial charge in [-0.2, -0.15) is 5.26 Å². The topological polar surface area (TPSA) is 109 Å². The SMILES string of the molecule is COCCCNC(=O)C(C#N)=Cc1c(N2CCOCC2)nc2c(C)cccn2c1=O. The Kier molecular flexibility index (Phi) is 7.17. The lowest BCUT2D eigenvalue weighted by atomic mass is 10.1. The van der Waals surface area contributed by atoms with Crippen LogP contribution in [0.3, 0.4) is 0 Å². The summed E-state index contributed by atoms with van der Waals surface area (Å²) in [6, 6.07) is 5.56. The van der Waals surface area contributed by atoms with Gasteiger partial charge in [0.1, 0.15) is 23.1 Å². The minimum Gasteiger partial charge on any atom is -0.385 e. The molecule has 3 heterocycles. The van der Waals surface area contributed by atoms with E-state index in [1.165, 1.54) is 10.5 Å². The Morgan fingerprint density at radius 2 is 2.20 bits per heavy atom. The van der Waals surface area contributed by atoms with Crippen LogP contribution in [-0.2, 0) is 14.3 Å². The standard InChI is InChI=1S/C21H25N5O4/c1-15-5-3-7-26-18(15)24-19(25-8-11-30-12-9-25)17(21(26)28)13-16(14-22)20(27)23-6-4-10-29-2/h3,5,7,13H,4,6,8-12H2,1-2H3,(H,23,27). The highest BCUT2D eigenvalue weighted by molar-refractivity contribution is 6.02. The number of pyridine rings is 1. The Morgan fingerprint density at radius 3 is 2.90 bits per heavy atom. The summed E-state index contributed by atoms with van der Waals surface area (Å²) in [4.78, 5) is 32.4. The summed E-state index contributed by atoms with van der Waals surface area (Å²) < 4.78 is 11.8. The van der Waals surface area contributed by atoms with Crippen molar-refractivity contribution in [3.63, 3.8) is 0 Å². The average Bonchev–Trinajstić information content (AvgIpc) is 2.77. The minimum absolute atomic E-state index is 0.145. The maximum Gasteiger partial charge on any atom is 0.267 e. The van der Waals surface area contributed by atoms with E-state index in [0.29, 0.717) is 57.3 Å². The van der Waals surface area contributed by atoms with E-state index in [4.69, 9.17) is 14.5 Å². The molecule has 2 aromatic rings. The second-order valence-electron chi connectivity index (χ2n) is 6.91. The molecule has 0 aliphatic carbocycles. The van der Waals surface area contributed by atoms with Crippen LogP contribution in [0.2, 0.25) is 0 Å². The number of morpholine rings is 1. The zero-order valence-corrected chi connectivity index (χ0v) is 17.2. The van der Waals surface area contributed by atoms with Crippen molar-refractivity contribution in [2.24, 2.45) is 0 Å². The number of rotatable bonds is 7. The minimum atomic E-state index is -0.532. The Morgan fingerprint density at radius 1 is 1.43 bits per heavy atom. The van der Waals surface area contributed by atoms with Gasteiger partial charge in [-0.15, -0.1) is 0 Å². The van der Waals surface area contributed by atoms with Crippen molar-refractivity contribution in [3.05, 3.63) is 45.4 Å². The van der Waals surface area contributed by atoms with Crippen LogP contribution < -0.4 is 15.8 Å². The molecule has 0 saturated carbocycles. The maximum absolute atomic E-state index is 13.3. The number of nitrogens with one attached hydrogen (secondary N) is 1. The fourth-order valence-electron chi connectivity index (χ4n) is 3.25. The van der Waals surface area contributed by atoms with Crippen molar-refractivity contribution in [2.45, 2.75) is 13.3 Å². The van der Waals surface area contributed by atoms with Crippen molar-refractivity contribution in [1.82, 2.24) is 14.7 Å². The molecular formula is C21H25N5O4. The summed E-state index contributed by atoms with van der Waals surface area (Å²) in [7, 11) is 1.58. The van der Waals surface area contributed by atoms with E-state index in [2.05, 4.69) is 5.32 Å². The van der Waals surface area contributed by atoms with E-state index in [9.17, 15) is 14.9 Å². The molecule has 1 amide bonds. The van der Waals surface area contributed by atoms with Crippen molar-refractivity contribution < 1.29 is 14.3 Å². The van der Waals surface area contributed by atoms with Gasteiger partial charge in [0.05, 0.1) is 18.8 Å². The molecule has 158 valence electrons. The van der Waals surface area contributed by atoms with E-state index >= 15 is 0 Å². The molecule has 0 bridgehead atoms. The molecule has 2 aromatic heterocycles. The van der Waals surface area contributed by atoms with E-state index in [1.807, 2.05) is 24.0 Å². The number of carbonyl (C=O) groups is 1. The average molecular weight is 411 g/mol. The molecule has 0 spiro atoms. The van der Waals surface area contributed by atoms with E-state index < -0.39 is 5.91 Å². The van der Waals surface area contributed by atoms with Crippen LogP contribution in [-0.4, -0.2) is 61.9 Å². The smallest absolute Gasteiger partial charge is 0.267 e.